The molecule has 1 unspecified atom stereocenters. The zero-order valence-corrected chi connectivity index (χ0v) is 9.86. The molecule has 0 saturated carbocycles. The van der Waals surface area contributed by atoms with Crippen LogP contribution in [0.4, 0.5) is 4.79 Å². The van der Waals surface area contributed by atoms with Gasteiger partial charge in [0, 0.05) is 26.1 Å². The molecule has 1 heterocycles. The Bertz CT molecular complexity index is 204. The Kier molecular flexibility index (Phi) is 4.88. The third-order valence-electron chi connectivity index (χ3n) is 2.52. The Balaban J connectivity index is 2.38. The van der Waals surface area contributed by atoms with Gasteiger partial charge in [0.2, 0.25) is 0 Å². The molecule has 88 valence electrons. The SMILES string of the molecule is COCC1CCCN(C(=O)OC(C)C)C1. The van der Waals surface area contributed by atoms with Crippen molar-refractivity contribution in [3.63, 3.8) is 0 Å². The van der Waals surface area contributed by atoms with Gasteiger partial charge in [0.05, 0.1) is 12.7 Å². The van der Waals surface area contributed by atoms with Crippen LogP contribution in [0.5, 0.6) is 0 Å². The van der Waals surface area contributed by atoms with Crippen molar-refractivity contribution in [2.75, 3.05) is 26.8 Å². The van der Waals surface area contributed by atoms with Gasteiger partial charge in [0.1, 0.15) is 0 Å². The van der Waals surface area contributed by atoms with Gasteiger partial charge in [-0.1, -0.05) is 0 Å². The van der Waals surface area contributed by atoms with Gasteiger partial charge in [0.15, 0.2) is 0 Å². The molecule has 1 aliphatic rings. The third kappa shape index (κ3) is 4.08. The van der Waals surface area contributed by atoms with Gasteiger partial charge in [-0.15, -0.1) is 0 Å². The van der Waals surface area contributed by atoms with Crippen LogP contribution < -0.4 is 0 Å². The van der Waals surface area contributed by atoms with E-state index in [9.17, 15) is 4.79 Å². The van der Waals surface area contributed by atoms with Crippen LogP contribution in [0, 0.1) is 5.92 Å². The number of likely N-dealkylation sites (tertiary alicyclic amines) is 1. The van der Waals surface area contributed by atoms with E-state index in [1.807, 2.05) is 13.8 Å². The molecule has 0 spiro atoms. The topological polar surface area (TPSA) is 38.8 Å². The van der Waals surface area contributed by atoms with Gasteiger partial charge < -0.3 is 14.4 Å². The molecule has 4 heteroatoms. The summed E-state index contributed by atoms with van der Waals surface area (Å²) >= 11 is 0. The monoisotopic (exact) mass is 215 g/mol. The number of carbonyl (C=O) groups is 1. The van der Waals surface area contributed by atoms with Crippen molar-refractivity contribution >= 4 is 6.09 Å². The quantitative estimate of drug-likeness (QED) is 0.721. The van der Waals surface area contributed by atoms with Crippen LogP contribution in [0.15, 0.2) is 0 Å². The largest absolute Gasteiger partial charge is 0.447 e. The Labute approximate surface area is 91.5 Å². The molecule has 0 aliphatic carbocycles. The van der Waals surface area contributed by atoms with E-state index in [-0.39, 0.29) is 12.2 Å². The number of methoxy groups -OCH3 is 1. The fraction of sp³-hybridized carbons (Fsp3) is 0.909. The Morgan fingerprint density at radius 3 is 2.87 bits per heavy atom. The molecule has 0 bridgehead atoms. The summed E-state index contributed by atoms with van der Waals surface area (Å²) in [7, 11) is 1.70. The van der Waals surface area contributed by atoms with E-state index >= 15 is 0 Å². The van der Waals surface area contributed by atoms with E-state index < -0.39 is 0 Å². The summed E-state index contributed by atoms with van der Waals surface area (Å²) in [6, 6.07) is 0. The van der Waals surface area contributed by atoms with Crippen LogP contribution in [-0.4, -0.2) is 43.9 Å². The number of rotatable bonds is 3. The van der Waals surface area contributed by atoms with E-state index in [1.54, 1.807) is 12.0 Å². The van der Waals surface area contributed by atoms with Crippen LogP contribution in [0.2, 0.25) is 0 Å². The normalized spacial score (nSPS) is 21.9. The van der Waals surface area contributed by atoms with Crippen LogP contribution >= 0.6 is 0 Å². The van der Waals surface area contributed by atoms with Crippen LogP contribution in [0.3, 0.4) is 0 Å². The lowest BCUT2D eigenvalue weighted by Gasteiger charge is -2.32. The average molecular weight is 215 g/mol. The molecule has 0 aromatic rings. The maximum atomic E-state index is 11.6. The van der Waals surface area contributed by atoms with Crippen LogP contribution in [0.25, 0.3) is 0 Å². The molecule has 1 saturated heterocycles. The lowest BCUT2D eigenvalue weighted by molar-refractivity contribution is 0.0486. The molecule has 1 aliphatic heterocycles. The summed E-state index contributed by atoms with van der Waals surface area (Å²) in [4.78, 5) is 13.4. The van der Waals surface area contributed by atoms with Crippen molar-refractivity contribution in [1.29, 1.82) is 0 Å². The van der Waals surface area contributed by atoms with Crippen molar-refractivity contribution in [2.24, 2.45) is 5.92 Å². The number of hydrogen-bond acceptors (Lipinski definition) is 3. The Morgan fingerprint density at radius 2 is 2.27 bits per heavy atom. The van der Waals surface area contributed by atoms with Gasteiger partial charge in [-0.25, -0.2) is 4.79 Å². The molecule has 0 N–H and O–H groups in total. The van der Waals surface area contributed by atoms with Gasteiger partial charge in [-0.05, 0) is 26.7 Å². The standard InChI is InChI=1S/C11H21NO3/c1-9(2)15-11(13)12-6-4-5-10(7-12)8-14-3/h9-10H,4-8H2,1-3H3. The predicted molar refractivity (Wildman–Crippen MR) is 57.8 cm³/mol. The van der Waals surface area contributed by atoms with Gasteiger partial charge in [0.25, 0.3) is 0 Å². The third-order valence-corrected chi connectivity index (χ3v) is 2.52. The number of ether oxygens (including phenoxy) is 2. The zero-order chi connectivity index (χ0) is 11.3. The molecular formula is C11H21NO3. The van der Waals surface area contributed by atoms with E-state index in [0.29, 0.717) is 5.92 Å². The minimum absolute atomic E-state index is 0.0414. The van der Waals surface area contributed by atoms with Gasteiger partial charge in [-0.2, -0.15) is 0 Å². The number of hydrogen-bond donors (Lipinski definition) is 0. The molecule has 1 rings (SSSR count). The highest BCUT2D eigenvalue weighted by atomic mass is 16.6. The van der Waals surface area contributed by atoms with E-state index in [4.69, 9.17) is 9.47 Å². The molecule has 15 heavy (non-hydrogen) atoms. The van der Waals surface area contributed by atoms with Crippen LogP contribution in [-0.2, 0) is 9.47 Å². The molecule has 0 radical (unpaired) electrons. The maximum Gasteiger partial charge on any atom is 0.410 e. The second-order valence-electron chi connectivity index (χ2n) is 4.34. The zero-order valence-electron chi connectivity index (χ0n) is 9.86. The van der Waals surface area contributed by atoms with Crippen LogP contribution in [0.1, 0.15) is 26.7 Å². The van der Waals surface area contributed by atoms with Crippen molar-refractivity contribution < 1.29 is 14.3 Å². The number of nitrogens with zero attached hydrogens (tertiary/aromatic N) is 1. The molecule has 0 aromatic carbocycles. The van der Waals surface area contributed by atoms with Gasteiger partial charge in [-0.3, -0.25) is 0 Å². The molecule has 0 aromatic heterocycles. The molecule has 4 nitrogen and oxygen atoms in total. The molecule has 1 fully saturated rings. The van der Waals surface area contributed by atoms with Gasteiger partial charge >= 0.3 is 6.09 Å². The minimum Gasteiger partial charge on any atom is -0.447 e. The number of carbonyl (C=O) groups excluding carboxylic acids is 1. The van der Waals surface area contributed by atoms with Crippen molar-refractivity contribution in [3.05, 3.63) is 0 Å². The highest BCUT2D eigenvalue weighted by molar-refractivity contribution is 5.67. The molecule has 1 atom stereocenters. The van der Waals surface area contributed by atoms with Crippen molar-refractivity contribution in [2.45, 2.75) is 32.8 Å². The lowest BCUT2D eigenvalue weighted by atomic mass is 9.99. The average Bonchev–Trinajstić information content (AvgIpc) is 2.17. The molecular weight excluding hydrogens is 194 g/mol. The summed E-state index contributed by atoms with van der Waals surface area (Å²) in [6.45, 7) is 6.04. The first-order chi connectivity index (χ1) is 7.13. The second-order valence-corrected chi connectivity index (χ2v) is 4.34. The lowest BCUT2D eigenvalue weighted by Crippen LogP contribution is -2.42. The first-order valence-electron chi connectivity index (χ1n) is 5.58. The summed E-state index contributed by atoms with van der Waals surface area (Å²) in [5.74, 6) is 0.462. The minimum atomic E-state index is -0.189. The summed E-state index contributed by atoms with van der Waals surface area (Å²) in [6.07, 6.45) is 1.95. The fourth-order valence-electron chi connectivity index (χ4n) is 1.88. The summed E-state index contributed by atoms with van der Waals surface area (Å²) in [5, 5.41) is 0. The van der Waals surface area contributed by atoms with E-state index in [0.717, 1.165) is 32.5 Å². The van der Waals surface area contributed by atoms with Crippen molar-refractivity contribution in [3.8, 4) is 0 Å². The fourth-order valence-corrected chi connectivity index (χ4v) is 1.88. The Hall–Kier alpha value is -0.770. The van der Waals surface area contributed by atoms with E-state index in [2.05, 4.69) is 0 Å². The highest BCUT2D eigenvalue weighted by Crippen LogP contribution is 2.17. The number of piperidine rings is 1. The maximum absolute atomic E-state index is 11.6. The van der Waals surface area contributed by atoms with E-state index in [1.165, 1.54) is 0 Å². The summed E-state index contributed by atoms with van der Waals surface area (Å²) < 4.78 is 10.3. The molecule has 1 amide bonds. The Morgan fingerprint density at radius 1 is 1.53 bits per heavy atom. The predicted octanol–water partition coefficient (Wildman–Crippen LogP) is 1.89. The first kappa shape index (κ1) is 12.3. The highest BCUT2D eigenvalue weighted by Gasteiger charge is 2.24. The number of amides is 1. The smallest absolute Gasteiger partial charge is 0.410 e. The first-order valence-corrected chi connectivity index (χ1v) is 5.58. The van der Waals surface area contributed by atoms with Crippen molar-refractivity contribution in [1.82, 2.24) is 4.90 Å². The second kappa shape index (κ2) is 5.95. The summed E-state index contributed by atoms with van der Waals surface area (Å²) in [5.41, 5.74) is 0.